The van der Waals surface area contributed by atoms with Crippen LogP contribution in [0.3, 0.4) is 0 Å². The van der Waals surface area contributed by atoms with Gasteiger partial charge in [0.05, 0.1) is 16.0 Å². The Kier molecular flexibility index (Phi) is 5.36. The summed E-state index contributed by atoms with van der Waals surface area (Å²) in [6.45, 7) is 2.47. The average Bonchev–Trinajstić information content (AvgIpc) is 2.96. The van der Waals surface area contributed by atoms with E-state index in [4.69, 9.17) is 0 Å². The molecule has 24 heavy (non-hydrogen) atoms. The summed E-state index contributed by atoms with van der Waals surface area (Å²) in [7, 11) is -3.11. The van der Waals surface area contributed by atoms with Crippen LogP contribution in [0.2, 0.25) is 0 Å². The van der Waals surface area contributed by atoms with Crippen molar-refractivity contribution in [2.45, 2.75) is 38.6 Å². The third-order valence-electron chi connectivity index (χ3n) is 4.47. The maximum Gasteiger partial charge on any atom is 0.211 e. The summed E-state index contributed by atoms with van der Waals surface area (Å²) in [5.74, 6) is 0.397. The van der Waals surface area contributed by atoms with E-state index in [1.54, 1.807) is 13.0 Å². The van der Waals surface area contributed by atoms with Crippen LogP contribution in [-0.2, 0) is 10.0 Å². The van der Waals surface area contributed by atoms with Gasteiger partial charge < -0.3 is 5.32 Å². The van der Waals surface area contributed by atoms with Crippen molar-refractivity contribution in [3.8, 4) is 0 Å². The summed E-state index contributed by atoms with van der Waals surface area (Å²) in [5.41, 5.74) is 0.807. The lowest BCUT2D eigenvalue weighted by molar-refractivity contribution is 0.324. The molecule has 3 rings (SSSR count). The van der Waals surface area contributed by atoms with Crippen molar-refractivity contribution < 1.29 is 12.8 Å². The van der Waals surface area contributed by atoms with E-state index in [0.29, 0.717) is 5.92 Å². The second-order valence-corrected chi connectivity index (χ2v) is 9.32. The fraction of sp³-hybridized carbons (Fsp3) is 0.562. The van der Waals surface area contributed by atoms with Crippen molar-refractivity contribution >= 4 is 36.7 Å². The summed E-state index contributed by atoms with van der Waals surface area (Å²) < 4.78 is 40.0. The van der Waals surface area contributed by atoms with Gasteiger partial charge in [-0.2, -0.15) is 0 Å². The number of fused-ring (bicyclic) bond motifs is 1. The van der Waals surface area contributed by atoms with E-state index in [1.807, 2.05) is 0 Å². The van der Waals surface area contributed by atoms with Crippen molar-refractivity contribution in [1.29, 1.82) is 0 Å². The van der Waals surface area contributed by atoms with Gasteiger partial charge in [-0.3, -0.25) is 0 Å². The number of rotatable bonds is 6. The third kappa shape index (κ3) is 4.43. The van der Waals surface area contributed by atoms with Crippen LogP contribution in [0.25, 0.3) is 10.2 Å². The largest absolute Gasteiger partial charge is 0.361 e. The maximum absolute atomic E-state index is 13.2. The molecule has 0 radical (unpaired) electrons. The number of hydrogen-bond acceptors (Lipinski definition) is 5. The van der Waals surface area contributed by atoms with Crippen LogP contribution >= 0.6 is 11.3 Å². The van der Waals surface area contributed by atoms with E-state index in [-0.39, 0.29) is 17.6 Å². The third-order valence-corrected chi connectivity index (χ3v) is 6.89. The van der Waals surface area contributed by atoms with Crippen LogP contribution in [0.1, 0.15) is 32.6 Å². The number of aromatic nitrogens is 1. The normalized spacial score (nSPS) is 21.9. The Bertz CT molecular complexity index is 799. The molecule has 0 atom stereocenters. The fourth-order valence-corrected chi connectivity index (χ4v) is 4.84. The van der Waals surface area contributed by atoms with E-state index < -0.39 is 10.0 Å². The predicted octanol–water partition coefficient (Wildman–Crippen LogP) is 3.35. The van der Waals surface area contributed by atoms with Crippen molar-refractivity contribution in [3.63, 3.8) is 0 Å². The van der Waals surface area contributed by atoms with Crippen LogP contribution < -0.4 is 10.0 Å². The van der Waals surface area contributed by atoms with Gasteiger partial charge in [-0.25, -0.2) is 22.5 Å². The molecule has 1 heterocycles. The van der Waals surface area contributed by atoms with Crippen LogP contribution in [0.5, 0.6) is 0 Å². The van der Waals surface area contributed by atoms with Gasteiger partial charge in [0.1, 0.15) is 5.82 Å². The van der Waals surface area contributed by atoms with Crippen molar-refractivity contribution in [2.75, 3.05) is 17.6 Å². The van der Waals surface area contributed by atoms with E-state index in [1.165, 1.54) is 23.5 Å². The minimum absolute atomic E-state index is 0.0663. The molecule has 1 aromatic heterocycles. The summed E-state index contributed by atoms with van der Waals surface area (Å²) in [4.78, 5) is 4.46. The van der Waals surface area contributed by atoms with E-state index in [9.17, 15) is 12.8 Å². The lowest BCUT2D eigenvalue weighted by atomic mass is 9.86. The van der Waals surface area contributed by atoms with Crippen molar-refractivity contribution in [1.82, 2.24) is 9.71 Å². The van der Waals surface area contributed by atoms with Crippen LogP contribution in [0.4, 0.5) is 9.52 Å². The minimum Gasteiger partial charge on any atom is -0.361 e. The summed E-state index contributed by atoms with van der Waals surface area (Å²) >= 11 is 1.46. The molecule has 0 bridgehead atoms. The molecule has 1 fully saturated rings. The van der Waals surface area contributed by atoms with E-state index in [0.717, 1.165) is 47.6 Å². The standard InChI is InChI=1S/C16H22FN3O2S2/c1-2-24(21,22)20-13-6-3-11(4-7-13)10-18-16-19-14-8-5-12(17)9-15(14)23-16/h5,8-9,11,13,20H,2-4,6-7,10H2,1H3,(H,18,19)/t11-,13-. The first-order valence-electron chi connectivity index (χ1n) is 8.25. The topological polar surface area (TPSA) is 71.1 Å². The zero-order valence-electron chi connectivity index (χ0n) is 13.6. The van der Waals surface area contributed by atoms with E-state index >= 15 is 0 Å². The van der Waals surface area contributed by atoms with Gasteiger partial charge in [-0.05, 0) is 56.7 Å². The Labute approximate surface area is 145 Å². The summed E-state index contributed by atoms with van der Waals surface area (Å²) in [5, 5.41) is 4.15. The maximum atomic E-state index is 13.2. The highest BCUT2D eigenvalue weighted by atomic mass is 32.2. The molecular weight excluding hydrogens is 349 g/mol. The van der Waals surface area contributed by atoms with Gasteiger partial charge in [-0.1, -0.05) is 11.3 Å². The SMILES string of the molecule is CCS(=O)(=O)N[C@H]1CC[C@H](CNc2nc3ccc(F)cc3s2)CC1. The summed E-state index contributed by atoms with van der Waals surface area (Å²) in [6.07, 6.45) is 3.72. The second-order valence-electron chi connectivity index (χ2n) is 6.25. The zero-order valence-corrected chi connectivity index (χ0v) is 15.2. The molecule has 132 valence electrons. The minimum atomic E-state index is -3.11. The smallest absolute Gasteiger partial charge is 0.211 e. The molecule has 1 aliphatic rings. The molecule has 1 saturated carbocycles. The fourth-order valence-electron chi connectivity index (χ4n) is 3.03. The molecule has 8 heteroatoms. The molecule has 2 N–H and O–H groups in total. The van der Waals surface area contributed by atoms with Gasteiger partial charge in [-0.15, -0.1) is 0 Å². The Morgan fingerprint density at radius 1 is 1.29 bits per heavy atom. The molecule has 0 amide bonds. The number of nitrogens with one attached hydrogen (secondary N) is 2. The molecule has 5 nitrogen and oxygen atoms in total. The second kappa shape index (κ2) is 7.33. The van der Waals surface area contributed by atoms with Gasteiger partial charge in [0.15, 0.2) is 5.13 Å². The first kappa shape index (κ1) is 17.6. The monoisotopic (exact) mass is 371 g/mol. The molecule has 0 unspecified atom stereocenters. The molecular formula is C16H22FN3O2S2. The first-order valence-corrected chi connectivity index (χ1v) is 10.7. The molecule has 1 aromatic carbocycles. The number of nitrogens with zero attached hydrogens (tertiary/aromatic N) is 1. The first-order chi connectivity index (χ1) is 11.4. The predicted molar refractivity (Wildman–Crippen MR) is 96.4 cm³/mol. The average molecular weight is 372 g/mol. The van der Waals surface area contributed by atoms with Gasteiger partial charge in [0, 0.05) is 12.6 Å². The number of halogens is 1. The van der Waals surface area contributed by atoms with Gasteiger partial charge in [0.2, 0.25) is 10.0 Å². The van der Waals surface area contributed by atoms with Crippen LogP contribution in [0, 0.1) is 11.7 Å². The number of anilines is 1. The van der Waals surface area contributed by atoms with Gasteiger partial charge in [0.25, 0.3) is 0 Å². The highest BCUT2D eigenvalue weighted by Crippen LogP contribution is 2.29. The van der Waals surface area contributed by atoms with Crippen molar-refractivity contribution in [2.24, 2.45) is 5.92 Å². The molecule has 0 saturated heterocycles. The van der Waals surface area contributed by atoms with Crippen LogP contribution in [0.15, 0.2) is 18.2 Å². The number of benzene rings is 1. The Balaban J connectivity index is 1.49. The van der Waals surface area contributed by atoms with E-state index in [2.05, 4.69) is 15.0 Å². The highest BCUT2D eigenvalue weighted by molar-refractivity contribution is 7.89. The number of thiazole rings is 1. The highest BCUT2D eigenvalue weighted by Gasteiger charge is 2.24. The quantitative estimate of drug-likeness (QED) is 0.817. The molecule has 0 aliphatic heterocycles. The Morgan fingerprint density at radius 3 is 2.75 bits per heavy atom. The zero-order chi connectivity index (χ0) is 17.2. The molecule has 1 aliphatic carbocycles. The summed E-state index contributed by atoms with van der Waals surface area (Å²) in [6, 6.07) is 4.68. The van der Waals surface area contributed by atoms with Crippen LogP contribution in [-0.4, -0.2) is 31.7 Å². The Morgan fingerprint density at radius 2 is 2.04 bits per heavy atom. The van der Waals surface area contributed by atoms with Crippen molar-refractivity contribution in [3.05, 3.63) is 24.0 Å². The number of sulfonamides is 1. The number of hydrogen-bond donors (Lipinski definition) is 2. The lowest BCUT2D eigenvalue weighted by Crippen LogP contribution is -2.39. The van der Waals surface area contributed by atoms with Gasteiger partial charge >= 0.3 is 0 Å². The molecule has 2 aromatic rings. The molecule has 0 spiro atoms. The Hall–Kier alpha value is -1.25. The lowest BCUT2D eigenvalue weighted by Gasteiger charge is -2.28.